The van der Waals surface area contributed by atoms with Gasteiger partial charge in [0, 0.05) is 12.3 Å². The van der Waals surface area contributed by atoms with E-state index in [1.807, 2.05) is 0 Å². The van der Waals surface area contributed by atoms with E-state index in [9.17, 15) is 14.9 Å². The van der Waals surface area contributed by atoms with Crippen LogP contribution in [-0.4, -0.2) is 20.8 Å². The van der Waals surface area contributed by atoms with Gasteiger partial charge >= 0.3 is 0 Å². The lowest BCUT2D eigenvalue weighted by molar-refractivity contribution is -0.385. The van der Waals surface area contributed by atoms with Crippen LogP contribution in [0, 0.1) is 10.1 Å². The molecule has 0 aliphatic heterocycles. The van der Waals surface area contributed by atoms with Gasteiger partial charge < -0.3 is 4.57 Å². The number of rotatable bonds is 4. The molecule has 0 radical (unpaired) electrons. The van der Waals surface area contributed by atoms with Crippen LogP contribution in [0.15, 0.2) is 30.7 Å². The van der Waals surface area contributed by atoms with Gasteiger partial charge in [0.1, 0.15) is 5.69 Å². The summed E-state index contributed by atoms with van der Waals surface area (Å²) in [6, 6.07) is 4.49. The number of carbonyl (C=O) groups excluding carboxylic acids is 1. The van der Waals surface area contributed by atoms with Crippen molar-refractivity contribution in [3.63, 3.8) is 0 Å². The number of aromatic nitrogens is 2. The van der Waals surface area contributed by atoms with Crippen LogP contribution in [0.25, 0.3) is 0 Å². The Morgan fingerprint density at radius 2 is 2.28 bits per heavy atom. The molecule has 0 N–H and O–H groups in total. The van der Waals surface area contributed by atoms with Crippen molar-refractivity contribution < 1.29 is 9.72 Å². The molecule has 7 heteroatoms. The number of aldehydes is 1. The molecule has 0 atom stereocenters. The number of hydrogen-bond donors (Lipinski definition) is 0. The van der Waals surface area contributed by atoms with Gasteiger partial charge in [-0.2, -0.15) is 0 Å². The zero-order chi connectivity index (χ0) is 13.1. The molecular weight excluding hydrogens is 258 g/mol. The Morgan fingerprint density at radius 3 is 2.89 bits per heavy atom. The molecule has 0 spiro atoms. The molecule has 1 heterocycles. The van der Waals surface area contributed by atoms with Crippen LogP contribution in [0.2, 0.25) is 5.02 Å². The molecule has 0 saturated heterocycles. The molecule has 0 aliphatic carbocycles. The lowest BCUT2D eigenvalue weighted by Gasteiger charge is -2.05. The topological polar surface area (TPSA) is 78.0 Å². The molecule has 1 aromatic heterocycles. The fourth-order valence-corrected chi connectivity index (χ4v) is 1.81. The van der Waals surface area contributed by atoms with Crippen molar-refractivity contribution in [1.82, 2.24) is 9.55 Å². The molecule has 0 unspecified atom stereocenters. The predicted octanol–water partition coefficient (Wildman–Crippen LogP) is 2.31. The third-order valence-electron chi connectivity index (χ3n) is 2.41. The van der Waals surface area contributed by atoms with Gasteiger partial charge in [-0.15, -0.1) is 0 Å². The van der Waals surface area contributed by atoms with Gasteiger partial charge in [0.2, 0.25) is 0 Å². The van der Waals surface area contributed by atoms with Gasteiger partial charge in [-0.25, -0.2) is 4.98 Å². The maximum atomic E-state index is 10.9. The average Bonchev–Trinajstić information content (AvgIpc) is 2.79. The first kappa shape index (κ1) is 12.3. The first-order chi connectivity index (χ1) is 8.61. The summed E-state index contributed by atoms with van der Waals surface area (Å²) < 4.78 is 1.57. The first-order valence-corrected chi connectivity index (χ1v) is 5.38. The highest BCUT2D eigenvalue weighted by Gasteiger charge is 2.16. The SMILES string of the molecule is O=Cc1cn(Cc2c(Cl)cccc2[N+](=O)[O-])cn1. The van der Waals surface area contributed by atoms with E-state index in [1.165, 1.54) is 24.7 Å². The smallest absolute Gasteiger partial charge is 0.275 e. The van der Waals surface area contributed by atoms with E-state index in [-0.39, 0.29) is 17.9 Å². The number of hydrogen-bond acceptors (Lipinski definition) is 4. The Bertz CT molecular complexity index is 609. The fourth-order valence-electron chi connectivity index (χ4n) is 1.58. The van der Waals surface area contributed by atoms with Gasteiger partial charge in [0.05, 0.1) is 28.4 Å². The summed E-state index contributed by atoms with van der Waals surface area (Å²) in [5.74, 6) is 0. The lowest BCUT2D eigenvalue weighted by Crippen LogP contribution is -2.02. The van der Waals surface area contributed by atoms with Crippen LogP contribution in [-0.2, 0) is 6.54 Å². The second kappa shape index (κ2) is 4.97. The summed E-state index contributed by atoms with van der Waals surface area (Å²) >= 11 is 5.96. The maximum absolute atomic E-state index is 10.9. The fraction of sp³-hybridized carbons (Fsp3) is 0.0909. The number of nitro groups is 1. The molecule has 0 saturated carbocycles. The van der Waals surface area contributed by atoms with Crippen LogP contribution in [0.3, 0.4) is 0 Å². The van der Waals surface area contributed by atoms with Crippen LogP contribution in [0.5, 0.6) is 0 Å². The molecule has 18 heavy (non-hydrogen) atoms. The summed E-state index contributed by atoms with van der Waals surface area (Å²) in [6.45, 7) is 0.191. The molecule has 6 nitrogen and oxygen atoms in total. The highest BCUT2D eigenvalue weighted by molar-refractivity contribution is 6.31. The molecule has 0 bridgehead atoms. The van der Waals surface area contributed by atoms with Crippen molar-refractivity contribution in [1.29, 1.82) is 0 Å². The van der Waals surface area contributed by atoms with Gasteiger partial charge in [-0.3, -0.25) is 14.9 Å². The molecule has 0 fully saturated rings. The maximum Gasteiger partial charge on any atom is 0.275 e. The molecule has 1 aromatic carbocycles. The third-order valence-corrected chi connectivity index (χ3v) is 2.76. The monoisotopic (exact) mass is 265 g/mol. The summed E-state index contributed by atoms with van der Waals surface area (Å²) in [5, 5.41) is 11.2. The van der Waals surface area contributed by atoms with E-state index < -0.39 is 4.92 Å². The Labute approximate surface area is 107 Å². The van der Waals surface area contributed by atoms with Crippen LogP contribution in [0.4, 0.5) is 5.69 Å². The minimum absolute atomic E-state index is 0.0520. The van der Waals surface area contributed by atoms with E-state index in [2.05, 4.69) is 4.98 Å². The summed E-state index contributed by atoms with van der Waals surface area (Å²) in [5.41, 5.74) is 0.604. The summed E-state index contributed by atoms with van der Waals surface area (Å²) in [4.78, 5) is 24.7. The van der Waals surface area contributed by atoms with E-state index in [1.54, 1.807) is 10.6 Å². The van der Waals surface area contributed by atoms with E-state index in [0.717, 1.165) is 0 Å². The molecule has 2 aromatic rings. The highest BCUT2D eigenvalue weighted by atomic mass is 35.5. The van der Waals surface area contributed by atoms with Crippen LogP contribution in [0.1, 0.15) is 16.1 Å². The Balaban J connectivity index is 2.38. The normalized spacial score (nSPS) is 10.3. The number of halogens is 1. The zero-order valence-corrected chi connectivity index (χ0v) is 9.87. The summed E-state index contributed by atoms with van der Waals surface area (Å²) in [7, 11) is 0. The van der Waals surface area contributed by atoms with Crippen molar-refractivity contribution in [2.45, 2.75) is 6.54 Å². The Hall–Kier alpha value is -2.21. The van der Waals surface area contributed by atoms with Gasteiger partial charge in [0.25, 0.3) is 5.69 Å². The zero-order valence-electron chi connectivity index (χ0n) is 9.12. The standard InChI is InChI=1S/C11H8ClN3O3/c12-10-2-1-3-11(15(17)18)9(10)5-14-4-8(6-16)13-7-14/h1-4,6-7H,5H2. The van der Waals surface area contributed by atoms with Gasteiger partial charge in [-0.1, -0.05) is 17.7 Å². The number of carbonyl (C=O) groups is 1. The third kappa shape index (κ3) is 2.38. The first-order valence-electron chi connectivity index (χ1n) is 5.00. The molecular formula is C11H8ClN3O3. The van der Waals surface area contributed by atoms with Gasteiger partial charge in [-0.05, 0) is 6.07 Å². The second-order valence-corrected chi connectivity index (χ2v) is 3.99. The van der Waals surface area contributed by atoms with Gasteiger partial charge in [0.15, 0.2) is 6.29 Å². The van der Waals surface area contributed by atoms with Crippen LogP contribution >= 0.6 is 11.6 Å². The quantitative estimate of drug-likeness (QED) is 0.483. The predicted molar refractivity (Wildman–Crippen MR) is 64.8 cm³/mol. The van der Waals surface area contributed by atoms with Crippen molar-refractivity contribution in [3.05, 3.63) is 57.1 Å². The van der Waals surface area contributed by atoms with Crippen molar-refractivity contribution in [3.8, 4) is 0 Å². The van der Waals surface area contributed by atoms with E-state index in [4.69, 9.17) is 11.6 Å². The largest absolute Gasteiger partial charge is 0.332 e. The number of benzene rings is 1. The lowest BCUT2D eigenvalue weighted by atomic mass is 10.2. The average molecular weight is 266 g/mol. The Morgan fingerprint density at radius 1 is 1.50 bits per heavy atom. The number of nitro benzene ring substituents is 1. The van der Waals surface area contributed by atoms with Crippen molar-refractivity contribution >= 4 is 23.6 Å². The van der Waals surface area contributed by atoms with Crippen LogP contribution < -0.4 is 0 Å². The number of nitrogens with zero attached hydrogens (tertiary/aromatic N) is 3. The molecule has 0 aliphatic rings. The minimum Gasteiger partial charge on any atom is -0.332 e. The Kier molecular flexibility index (Phi) is 3.38. The molecule has 92 valence electrons. The van der Waals surface area contributed by atoms with Crippen molar-refractivity contribution in [2.24, 2.45) is 0 Å². The number of imidazole rings is 1. The van der Waals surface area contributed by atoms with E-state index in [0.29, 0.717) is 16.9 Å². The van der Waals surface area contributed by atoms with E-state index >= 15 is 0 Å². The molecule has 2 rings (SSSR count). The highest BCUT2D eigenvalue weighted by Crippen LogP contribution is 2.26. The molecule has 0 amide bonds. The summed E-state index contributed by atoms with van der Waals surface area (Å²) in [6.07, 6.45) is 3.54. The minimum atomic E-state index is -0.487. The van der Waals surface area contributed by atoms with Crippen molar-refractivity contribution in [2.75, 3.05) is 0 Å². The second-order valence-electron chi connectivity index (χ2n) is 3.58.